The monoisotopic (exact) mass is 594 g/mol. The summed E-state index contributed by atoms with van der Waals surface area (Å²) in [5.41, 5.74) is 7.13. The number of halogens is 3. The second-order valence-electron chi connectivity index (χ2n) is 9.92. The topological polar surface area (TPSA) is 94.2 Å². The van der Waals surface area contributed by atoms with E-state index in [1.54, 1.807) is 49.6 Å². The Morgan fingerprint density at radius 2 is 1.47 bits per heavy atom. The molecule has 4 aromatic carbocycles. The lowest BCUT2D eigenvalue weighted by Gasteiger charge is -2.25. The number of carboxylic acid groups (broad SMARTS) is 1. The standard InChI is InChI=1S/C33H33F3N2O5/c1-41-27-13-15-28(16-14-27)43-31-12-5-3-9-25(31)21-38(18-17-29(37)32(39)40)20-24-8-2-4-11-30(24)42-22-23-7-6-10-26(19-23)33(34,35)36/h2-16,19,29H,17-18,20-22,37H2,1H3,(H,39,40). The molecule has 226 valence electrons. The zero-order valence-electron chi connectivity index (χ0n) is 23.6. The lowest BCUT2D eigenvalue weighted by Crippen LogP contribution is -2.35. The number of rotatable bonds is 14. The number of nitrogens with zero attached hydrogens (tertiary/aromatic N) is 1. The highest BCUT2D eigenvalue weighted by molar-refractivity contribution is 5.73. The minimum atomic E-state index is -4.45. The number of aliphatic carboxylic acids is 1. The first kappa shape index (κ1) is 31.4. The maximum absolute atomic E-state index is 13.2. The Kier molecular flexibility index (Phi) is 10.6. The number of para-hydroxylation sites is 2. The molecule has 3 N–H and O–H groups in total. The molecule has 0 aliphatic carbocycles. The molecule has 10 heteroatoms. The van der Waals surface area contributed by atoms with E-state index in [-0.39, 0.29) is 13.0 Å². The van der Waals surface area contributed by atoms with Gasteiger partial charge in [-0.25, -0.2) is 0 Å². The fourth-order valence-electron chi connectivity index (χ4n) is 4.42. The van der Waals surface area contributed by atoms with Gasteiger partial charge in [0.2, 0.25) is 0 Å². The van der Waals surface area contributed by atoms with Crippen molar-refractivity contribution in [2.24, 2.45) is 5.73 Å². The minimum absolute atomic E-state index is 0.0522. The molecule has 0 amide bonds. The van der Waals surface area contributed by atoms with Crippen LogP contribution in [0.15, 0.2) is 97.1 Å². The first-order valence-corrected chi connectivity index (χ1v) is 13.6. The molecule has 0 aliphatic rings. The van der Waals surface area contributed by atoms with Crippen molar-refractivity contribution in [3.63, 3.8) is 0 Å². The molecule has 0 fully saturated rings. The van der Waals surface area contributed by atoms with Gasteiger partial charge in [-0.3, -0.25) is 9.69 Å². The molecule has 43 heavy (non-hydrogen) atoms. The molecule has 0 heterocycles. The molecule has 4 aromatic rings. The van der Waals surface area contributed by atoms with E-state index in [2.05, 4.69) is 0 Å². The summed E-state index contributed by atoms with van der Waals surface area (Å²) in [5, 5.41) is 9.35. The predicted octanol–water partition coefficient (Wildman–Crippen LogP) is 6.89. The number of nitrogens with two attached hydrogens (primary N) is 1. The lowest BCUT2D eigenvalue weighted by molar-refractivity contribution is -0.139. The molecule has 0 aliphatic heterocycles. The SMILES string of the molecule is COc1ccc(Oc2ccccc2CN(CCC(N)C(=O)O)Cc2ccccc2OCc2cccc(C(F)(F)F)c2)cc1. The van der Waals surface area contributed by atoms with Gasteiger partial charge < -0.3 is 25.1 Å². The number of hydrogen-bond donors (Lipinski definition) is 2. The van der Waals surface area contributed by atoms with Crippen molar-refractivity contribution in [1.82, 2.24) is 4.90 Å². The van der Waals surface area contributed by atoms with Crippen LogP contribution >= 0.6 is 0 Å². The summed E-state index contributed by atoms with van der Waals surface area (Å²) in [5.74, 6) is 1.38. The van der Waals surface area contributed by atoms with E-state index in [9.17, 15) is 23.1 Å². The Labute approximate surface area is 248 Å². The Bertz CT molecular complexity index is 1490. The van der Waals surface area contributed by atoms with Gasteiger partial charge in [0.05, 0.1) is 12.7 Å². The first-order chi connectivity index (χ1) is 20.6. The van der Waals surface area contributed by atoms with Crippen molar-refractivity contribution in [1.29, 1.82) is 0 Å². The summed E-state index contributed by atoms with van der Waals surface area (Å²) in [6.45, 7) is 1.07. The number of alkyl halides is 3. The third-order valence-corrected chi connectivity index (χ3v) is 6.74. The van der Waals surface area contributed by atoms with Crippen LogP contribution in [0, 0.1) is 0 Å². The van der Waals surface area contributed by atoms with E-state index in [0.29, 0.717) is 48.2 Å². The van der Waals surface area contributed by atoms with Gasteiger partial charge in [-0.05, 0) is 60.5 Å². The highest BCUT2D eigenvalue weighted by Gasteiger charge is 2.30. The zero-order chi connectivity index (χ0) is 30.8. The number of carboxylic acids is 1. The van der Waals surface area contributed by atoms with Crippen molar-refractivity contribution in [3.8, 4) is 23.0 Å². The highest BCUT2D eigenvalue weighted by Crippen LogP contribution is 2.31. The molecular formula is C33H33F3N2O5. The molecule has 0 aromatic heterocycles. The van der Waals surface area contributed by atoms with Gasteiger partial charge in [0.25, 0.3) is 0 Å². The number of methoxy groups -OCH3 is 1. The maximum atomic E-state index is 13.2. The van der Waals surface area contributed by atoms with E-state index < -0.39 is 23.8 Å². The Morgan fingerprint density at radius 1 is 0.860 bits per heavy atom. The lowest BCUT2D eigenvalue weighted by atomic mass is 10.1. The number of ether oxygens (including phenoxy) is 3. The minimum Gasteiger partial charge on any atom is -0.497 e. The summed E-state index contributed by atoms with van der Waals surface area (Å²) >= 11 is 0. The third-order valence-electron chi connectivity index (χ3n) is 6.74. The summed E-state index contributed by atoms with van der Waals surface area (Å²) < 4.78 is 56.9. The van der Waals surface area contributed by atoms with E-state index in [4.69, 9.17) is 19.9 Å². The van der Waals surface area contributed by atoms with Gasteiger partial charge in [-0.1, -0.05) is 48.5 Å². The van der Waals surface area contributed by atoms with Crippen LogP contribution in [-0.2, 0) is 30.7 Å². The van der Waals surface area contributed by atoms with Gasteiger partial charge >= 0.3 is 12.1 Å². The van der Waals surface area contributed by atoms with Gasteiger partial charge in [-0.2, -0.15) is 13.2 Å². The maximum Gasteiger partial charge on any atom is 0.416 e. The highest BCUT2D eigenvalue weighted by atomic mass is 19.4. The molecular weight excluding hydrogens is 561 g/mol. The van der Waals surface area contributed by atoms with Crippen LogP contribution in [0.1, 0.15) is 28.7 Å². The normalized spacial score (nSPS) is 12.1. The Balaban J connectivity index is 1.53. The smallest absolute Gasteiger partial charge is 0.416 e. The fraction of sp³-hybridized carbons (Fsp3) is 0.242. The van der Waals surface area contributed by atoms with E-state index in [0.717, 1.165) is 23.3 Å². The fourth-order valence-corrected chi connectivity index (χ4v) is 4.42. The van der Waals surface area contributed by atoms with Crippen molar-refractivity contribution in [2.45, 2.75) is 38.3 Å². The van der Waals surface area contributed by atoms with Crippen molar-refractivity contribution in [2.75, 3.05) is 13.7 Å². The van der Waals surface area contributed by atoms with Crippen LogP contribution in [0.25, 0.3) is 0 Å². The molecule has 1 unspecified atom stereocenters. The molecule has 4 rings (SSSR count). The van der Waals surface area contributed by atoms with E-state index in [1.165, 1.54) is 6.07 Å². The van der Waals surface area contributed by atoms with Crippen molar-refractivity contribution >= 4 is 5.97 Å². The Morgan fingerprint density at radius 3 is 2.09 bits per heavy atom. The predicted molar refractivity (Wildman–Crippen MR) is 156 cm³/mol. The Hall–Kier alpha value is -4.54. The second-order valence-corrected chi connectivity index (χ2v) is 9.92. The number of hydrogen-bond acceptors (Lipinski definition) is 6. The third kappa shape index (κ3) is 9.22. The number of carbonyl (C=O) groups is 1. The molecule has 0 spiro atoms. The quantitative estimate of drug-likeness (QED) is 0.164. The summed E-state index contributed by atoms with van der Waals surface area (Å²) in [4.78, 5) is 13.5. The van der Waals surface area contributed by atoms with Crippen LogP contribution in [0.4, 0.5) is 13.2 Å². The average molecular weight is 595 g/mol. The largest absolute Gasteiger partial charge is 0.497 e. The zero-order valence-corrected chi connectivity index (χ0v) is 23.6. The molecule has 0 radical (unpaired) electrons. The first-order valence-electron chi connectivity index (χ1n) is 13.6. The van der Waals surface area contributed by atoms with Gasteiger partial charge in [0.1, 0.15) is 35.6 Å². The summed E-state index contributed by atoms with van der Waals surface area (Å²) in [6.07, 6.45) is -4.25. The van der Waals surface area contributed by atoms with Crippen LogP contribution < -0.4 is 19.9 Å². The molecule has 1 atom stereocenters. The van der Waals surface area contributed by atoms with Crippen molar-refractivity contribution in [3.05, 3.63) is 119 Å². The van der Waals surface area contributed by atoms with E-state index in [1.807, 2.05) is 41.3 Å². The molecule has 0 saturated carbocycles. The van der Waals surface area contributed by atoms with Crippen molar-refractivity contribution < 1.29 is 37.3 Å². The average Bonchev–Trinajstić information content (AvgIpc) is 3.00. The molecule has 0 saturated heterocycles. The van der Waals surface area contributed by atoms with Crippen LogP contribution in [0.2, 0.25) is 0 Å². The second kappa shape index (κ2) is 14.6. The molecule has 7 nitrogen and oxygen atoms in total. The van der Waals surface area contributed by atoms with Crippen LogP contribution in [0.3, 0.4) is 0 Å². The summed E-state index contributed by atoms with van der Waals surface area (Å²) in [7, 11) is 1.59. The van der Waals surface area contributed by atoms with Gasteiger partial charge in [0, 0.05) is 30.8 Å². The number of benzene rings is 4. The van der Waals surface area contributed by atoms with Gasteiger partial charge in [-0.15, -0.1) is 0 Å². The molecule has 0 bridgehead atoms. The van der Waals surface area contributed by atoms with Gasteiger partial charge in [0.15, 0.2) is 0 Å². The van der Waals surface area contributed by atoms with E-state index >= 15 is 0 Å². The van der Waals surface area contributed by atoms with Crippen LogP contribution in [-0.4, -0.2) is 35.7 Å². The van der Waals surface area contributed by atoms with Crippen LogP contribution in [0.5, 0.6) is 23.0 Å². The summed E-state index contributed by atoms with van der Waals surface area (Å²) in [6, 6.07) is 26.0.